The lowest BCUT2D eigenvalue weighted by Gasteiger charge is -2.07. The van der Waals surface area contributed by atoms with E-state index in [1.54, 1.807) is 6.07 Å². The maximum Gasteiger partial charge on any atom is 0.175 e. The Balaban J connectivity index is 2.04. The van der Waals surface area contributed by atoms with Crippen molar-refractivity contribution in [3.8, 4) is 0 Å². The van der Waals surface area contributed by atoms with E-state index < -0.39 is 10.8 Å². The largest absolute Gasteiger partial charge is 0.293 e. The van der Waals surface area contributed by atoms with Crippen molar-refractivity contribution in [1.29, 1.82) is 0 Å². The van der Waals surface area contributed by atoms with Crippen LogP contribution >= 0.6 is 0 Å². The van der Waals surface area contributed by atoms with Crippen LogP contribution in [0.5, 0.6) is 0 Å². The number of rotatable bonds is 5. The summed E-state index contributed by atoms with van der Waals surface area (Å²) >= 11 is 0. The van der Waals surface area contributed by atoms with Crippen LogP contribution in [-0.2, 0) is 16.6 Å². The van der Waals surface area contributed by atoms with Gasteiger partial charge in [-0.1, -0.05) is 48.5 Å². The molecule has 0 saturated heterocycles. The first-order valence-corrected chi connectivity index (χ1v) is 8.05. The smallest absolute Gasteiger partial charge is 0.175 e. The fraction of sp³-hybridized carbons (Fsp3) is 0.235. The van der Waals surface area contributed by atoms with Crippen molar-refractivity contribution >= 4 is 16.6 Å². The van der Waals surface area contributed by atoms with Crippen LogP contribution in [-0.4, -0.2) is 15.7 Å². The van der Waals surface area contributed by atoms with Crippen LogP contribution in [0.15, 0.2) is 48.5 Å². The van der Waals surface area contributed by atoms with Crippen LogP contribution in [0.4, 0.5) is 0 Å². The fourth-order valence-electron chi connectivity index (χ4n) is 2.11. The van der Waals surface area contributed by atoms with Crippen molar-refractivity contribution in [2.45, 2.75) is 19.6 Å². The summed E-state index contributed by atoms with van der Waals surface area (Å²) in [4.78, 5) is 12.2. The molecule has 0 bridgehead atoms. The number of aryl methyl sites for hydroxylation is 2. The van der Waals surface area contributed by atoms with Crippen molar-refractivity contribution in [2.24, 2.45) is 0 Å². The van der Waals surface area contributed by atoms with E-state index in [0.29, 0.717) is 11.3 Å². The van der Waals surface area contributed by atoms with Crippen LogP contribution in [0, 0.1) is 13.8 Å². The topological polar surface area (TPSA) is 34.1 Å². The molecule has 1 atom stereocenters. The lowest BCUT2D eigenvalue weighted by molar-refractivity contribution is 0.102. The third-order valence-corrected chi connectivity index (χ3v) is 4.53. The summed E-state index contributed by atoms with van der Waals surface area (Å²) in [7, 11) is -1.17. The highest BCUT2D eigenvalue weighted by Crippen LogP contribution is 2.12. The van der Waals surface area contributed by atoms with E-state index in [2.05, 4.69) is 0 Å². The van der Waals surface area contributed by atoms with Gasteiger partial charge < -0.3 is 0 Å². The number of ketones is 1. The first-order chi connectivity index (χ1) is 9.58. The minimum Gasteiger partial charge on any atom is -0.293 e. The van der Waals surface area contributed by atoms with Gasteiger partial charge in [0.2, 0.25) is 0 Å². The molecule has 2 aromatic carbocycles. The Bertz CT molecular complexity index is 647. The van der Waals surface area contributed by atoms with Crippen LogP contribution in [0.2, 0.25) is 0 Å². The van der Waals surface area contributed by atoms with Gasteiger partial charge in [-0.3, -0.25) is 9.00 Å². The molecule has 0 N–H and O–H groups in total. The van der Waals surface area contributed by atoms with Crippen LogP contribution in [0.25, 0.3) is 0 Å². The van der Waals surface area contributed by atoms with Crippen molar-refractivity contribution < 1.29 is 9.00 Å². The molecule has 0 aliphatic carbocycles. The average molecular weight is 286 g/mol. The molecular formula is C17H18O2S. The molecule has 20 heavy (non-hydrogen) atoms. The summed E-state index contributed by atoms with van der Waals surface area (Å²) in [5.41, 5.74) is 3.77. The van der Waals surface area contributed by atoms with E-state index >= 15 is 0 Å². The second-order valence-electron chi connectivity index (χ2n) is 4.89. The second kappa shape index (κ2) is 6.62. The molecule has 0 amide bonds. The molecular weight excluding hydrogens is 268 g/mol. The Kier molecular flexibility index (Phi) is 4.85. The number of carbonyl (C=O) groups is 1. The van der Waals surface area contributed by atoms with Gasteiger partial charge in [0.05, 0.1) is 5.75 Å². The highest BCUT2D eigenvalue weighted by atomic mass is 32.2. The molecule has 0 fully saturated rings. The SMILES string of the molecule is Cc1ccccc1CS(=O)CC(=O)c1ccccc1C. The van der Waals surface area contributed by atoms with E-state index in [9.17, 15) is 9.00 Å². The zero-order valence-electron chi connectivity index (χ0n) is 11.8. The Morgan fingerprint density at radius 3 is 2.20 bits per heavy atom. The molecule has 2 aromatic rings. The predicted molar refractivity (Wildman–Crippen MR) is 83.4 cm³/mol. The van der Waals surface area contributed by atoms with Gasteiger partial charge in [0.1, 0.15) is 0 Å². The number of benzene rings is 2. The van der Waals surface area contributed by atoms with Gasteiger partial charge in [0.15, 0.2) is 5.78 Å². The monoisotopic (exact) mass is 286 g/mol. The predicted octanol–water partition coefficient (Wildman–Crippen LogP) is 3.44. The van der Waals surface area contributed by atoms with Gasteiger partial charge >= 0.3 is 0 Å². The lowest BCUT2D eigenvalue weighted by Crippen LogP contribution is -2.13. The Hall–Kier alpha value is -1.74. The summed E-state index contributed by atoms with van der Waals surface area (Å²) in [5.74, 6) is 0.471. The Morgan fingerprint density at radius 1 is 0.950 bits per heavy atom. The van der Waals surface area contributed by atoms with Crippen molar-refractivity contribution in [1.82, 2.24) is 0 Å². The van der Waals surface area contributed by atoms with Gasteiger partial charge in [0, 0.05) is 22.1 Å². The first-order valence-electron chi connectivity index (χ1n) is 6.56. The molecule has 2 rings (SSSR count). The quantitative estimate of drug-likeness (QED) is 0.789. The van der Waals surface area contributed by atoms with Crippen molar-refractivity contribution in [3.63, 3.8) is 0 Å². The highest BCUT2D eigenvalue weighted by molar-refractivity contribution is 7.85. The van der Waals surface area contributed by atoms with E-state index in [4.69, 9.17) is 0 Å². The van der Waals surface area contributed by atoms with Gasteiger partial charge in [-0.05, 0) is 30.5 Å². The first kappa shape index (κ1) is 14.7. The summed E-state index contributed by atoms with van der Waals surface area (Å²) < 4.78 is 12.1. The molecule has 3 heteroatoms. The molecule has 104 valence electrons. The summed E-state index contributed by atoms with van der Waals surface area (Å²) in [6.45, 7) is 3.90. The number of Topliss-reactive ketones (excluding diaryl/α,β-unsaturated/α-hetero) is 1. The molecule has 0 aliphatic rings. The number of hydrogen-bond acceptors (Lipinski definition) is 2. The van der Waals surface area contributed by atoms with Crippen LogP contribution in [0.1, 0.15) is 27.0 Å². The molecule has 2 nitrogen and oxygen atoms in total. The van der Waals surface area contributed by atoms with Gasteiger partial charge in [-0.25, -0.2) is 0 Å². The van der Waals surface area contributed by atoms with E-state index in [1.807, 2.05) is 56.3 Å². The standard InChI is InChI=1S/C17H18O2S/c1-13-7-3-5-9-15(13)11-20(19)12-17(18)16-10-6-4-8-14(16)2/h3-10H,11-12H2,1-2H3. The van der Waals surface area contributed by atoms with Gasteiger partial charge in [-0.15, -0.1) is 0 Å². The molecule has 0 saturated carbocycles. The molecule has 1 unspecified atom stereocenters. The highest BCUT2D eigenvalue weighted by Gasteiger charge is 2.13. The van der Waals surface area contributed by atoms with Crippen molar-refractivity contribution in [2.75, 3.05) is 5.75 Å². The Morgan fingerprint density at radius 2 is 1.55 bits per heavy atom. The number of hydrogen-bond donors (Lipinski definition) is 0. The normalized spacial score (nSPS) is 12.1. The summed E-state index contributed by atoms with van der Waals surface area (Å²) in [6.07, 6.45) is 0. The Labute approximate surface area is 122 Å². The van der Waals surface area contributed by atoms with Gasteiger partial charge in [0.25, 0.3) is 0 Å². The minimum absolute atomic E-state index is 0.0463. The maximum absolute atomic E-state index is 12.2. The van der Waals surface area contributed by atoms with Crippen LogP contribution in [0.3, 0.4) is 0 Å². The number of carbonyl (C=O) groups excluding carboxylic acids is 1. The lowest BCUT2D eigenvalue weighted by atomic mass is 10.1. The molecule has 0 radical (unpaired) electrons. The second-order valence-corrected chi connectivity index (χ2v) is 6.35. The fourth-order valence-corrected chi connectivity index (χ4v) is 3.33. The van der Waals surface area contributed by atoms with E-state index in [0.717, 1.165) is 16.7 Å². The van der Waals surface area contributed by atoms with Crippen LogP contribution < -0.4 is 0 Å². The average Bonchev–Trinajstić information content (AvgIpc) is 2.41. The molecule has 0 spiro atoms. The molecule has 0 aromatic heterocycles. The van der Waals surface area contributed by atoms with E-state index in [-0.39, 0.29) is 11.5 Å². The third kappa shape index (κ3) is 3.64. The van der Waals surface area contributed by atoms with Gasteiger partial charge in [-0.2, -0.15) is 0 Å². The molecule has 0 aliphatic heterocycles. The summed E-state index contributed by atoms with van der Waals surface area (Å²) in [6, 6.07) is 15.3. The zero-order valence-corrected chi connectivity index (χ0v) is 12.6. The van der Waals surface area contributed by atoms with E-state index in [1.165, 1.54) is 0 Å². The third-order valence-electron chi connectivity index (χ3n) is 3.32. The minimum atomic E-state index is -1.17. The zero-order chi connectivity index (χ0) is 14.5. The summed E-state index contributed by atoms with van der Waals surface area (Å²) in [5, 5.41) is 0. The maximum atomic E-state index is 12.2. The molecule has 0 heterocycles. The van der Waals surface area contributed by atoms with Crippen molar-refractivity contribution in [3.05, 3.63) is 70.8 Å².